The normalized spacial score (nSPS) is 22.1. The lowest BCUT2D eigenvalue weighted by atomic mass is 9.89. The molecular formula is C19H30N2O3. The molecule has 0 unspecified atom stereocenters. The van der Waals surface area contributed by atoms with Gasteiger partial charge in [-0.2, -0.15) is 0 Å². The van der Waals surface area contributed by atoms with Gasteiger partial charge in [0.25, 0.3) is 0 Å². The Kier molecular flexibility index (Phi) is 6.49. The van der Waals surface area contributed by atoms with Gasteiger partial charge in [-0.15, -0.1) is 0 Å². The van der Waals surface area contributed by atoms with Gasteiger partial charge in [0.15, 0.2) is 11.5 Å². The lowest BCUT2D eigenvalue weighted by Gasteiger charge is -2.41. The lowest BCUT2D eigenvalue weighted by molar-refractivity contribution is -0.121. The lowest BCUT2D eigenvalue weighted by Crippen LogP contribution is -2.54. The van der Waals surface area contributed by atoms with Gasteiger partial charge in [0.2, 0.25) is 5.91 Å². The number of likely N-dealkylation sites (tertiary alicyclic amines) is 1. The van der Waals surface area contributed by atoms with E-state index in [1.165, 1.54) is 0 Å². The van der Waals surface area contributed by atoms with Crippen LogP contribution in [0.5, 0.6) is 11.5 Å². The molecule has 5 heteroatoms. The molecule has 2 aliphatic heterocycles. The standard InChI is InChI=1S/C17H24N2O3.C2H6/c1-13(20)18-17(2)7-9-19(10-8-17)11-14-12-21-15-5-3-4-6-16(15)22-14;1-2/h3-6,14H,7-12H2,1-2H3,(H,18,20);1-2H3/t14-;/m0./s1. The highest BCUT2D eigenvalue weighted by Crippen LogP contribution is 2.31. The highest BCUT2D eigenvalue weighted by molar-refractivity contribution is 5.73. The van der Waals surface area contributed by atoms with Crippen LogP contribution in [0.4, 0.5) is 0 Å². The minimum atomic E-state index is -0.0706. The number of benzene rings is 1. The van der Waals surface area contributed by atoms with Gasteiger partial charge in [-0.3, -0.25) is 9.69 Å². The zero-order valence-electron chi connectivity index (χ0n) is 15.3. The Morgan fingerprint density at radius 2 is 1.88 bits per heavy atom. The van der Waals surface area contributed by atoms with E-state index in [9.17, 15) is 4.79 Å². The van der Waals surface area contributed by atoms with Crippen LogP contribution in [-0.2, 0) is 4.79 Å². The fourth-order valence-corrected chi connectivity index (χ4v) is 3.22. The van der Waals surface area contributed by atoms with Crippen LogP contribution in [0.2, 0.25) is 0 Å². The average molecular weight is 334 g/mol. The number of hydrogen-bond donors (Lipinski definition) is 1. The van der Waals surface area contributed by atoms with Crippen molar-refractivity contribution in [3.05, 3.63) is 24.3 Å². The Hall–Kier alpha value is -1.75. The molecule has 3 rings (SSSR count). The van der Waals surface area contributed by atoms with E-state index in [1.807, 2.05) is 38.1 Å². The highest BCUT2D eigenvalue weighted by Gasteiger charge is 2.32. The molecule has 1 N–H and O–H groups in total. The van der Waals surface area contributed by atoms with E-state index < -0.39 is 0 Å². The number of nitrogens with zero attached hydrogens (tertiary/aromatic N) is 1. The Labute approximate surface area is 145 Å². The summed E-state index contributed by atoms with van der Waals surface area (Å²) in [5.41, 5.74) is -0.0706. The molecule has 0 saturated carbocycles. The maximum Gasteiger partial charge on any atom is 0.217 e. The summed E-state index contributed by atoms with van der Waals surface area (Å²) in [6.45, 7) is 11.1. The third-order valence-corrected chi connectivity index (χ3v) is 4.47. The van der Waals surface area contributed by atoms with Gasteiger partial charge in [-0.1, -0.05) is 26.0 Å². The Morgan fingerprint density at radius 3 is 2.50 bits per heavy atom. The number of ether oxygens (including phenoxy) is 2. The van der Waals surface area contributed by atoms with E-state index in [2.05, 4.69) is 17.1 Å². The molecule has 2 heterocycles. The van der Waals surface area contributed by atoms with Crippen molar-refractivity contribution in [2.45, 2.75) is 52.2 Å². The minimum absolute atomic E-state index is 0.0524. The van der Waals surface area contributed by atoms with E-state index in [1.54, 1.807) is 6.92 Å². The number of carbonyl (C=O) groups is 1. The number of para-hydroxylation sites is 2. The van der Waals surface area contributed by atoms with Crippen LogP contribution in [0.25, 0.3) is 0 Å². The predicted molar refractivity (Wildman–Crippen MR) is 95.6 cm³/mol. The SMILES string of the molecule is CC.CC(=O)NC1(C)CCN(C[C@H]2COc3ccccc3O2)CC1. The van der Waals surface area contributed by atoms with E-state index in [0.717, 1.165) is 44.0 Å². The number of nitrogens with one attached hydrogen (secondary N) is 1. The Balaban J connectivity index is 0.00000100. The second kappa shape index (κ2) is 8.38. The second-order valence-electron chi connectivity index (χ2n) is 6.54. The maximum atomic E-state index is 11.3. The quantitative estimate of drug-likeness (QED) is 0.923. The summed E-state index contributed by atoms with van der Waals surface area (Å²) in [4.78, 5) is 13.7. The summed E-state index contributed by atoms with van der Waals surface area (Å²) < 4.78 is 11.8. The van der Waals surface area contributed by atoms with Crippen molar-refractivity contribution in [1.29, 1.82) is 0 Å². The van der Waals surface area contributed by atoms with Crippen LogP contribution in [0.3, 0.4) is 0 Å². The highest BCUT2D eigenvalue weighted by atomic mass is 16.6. The molecule has 0 bridgehead atoms. The number of hydrogen-bond acceptors (Lipinski definition) is 4. The summed E-state index contributed by atoms with van der Waals surface area (Å²) in [6, 6.07) is 7.80. The van der Waals surface area contributed by atoms with E-state index in [4.69, 9.17) is 9.47 Å². The molecule has 1 aromatic carbocycles. The molecular weight excluding hydrogens is 304 g/mol. The Bertz CT molecular complexity index is 539. The summed E-state index contributed by atoms with van der Waals surface area (Å²) in [7, 11) is 0. The van der Waals surface area contributed by atoms with Crippen molar-refractivity contribution < 1.29 is 14.3 Å². The first-order chi connectivity index (χ1) is 11.5. The van der Waals surface area contributed by atoms with Crippen molar-refractivity contribution in [3.63, 3.8) is 0 Å². The van der Waals surface area contributed by atoms with E-state index in [0.29, 0.717) is 6.61 Å². The van der Waals surface area contributed by atoms with E-state index in [-0.39, 0.29) is 17.6 Å². The molecule has 0 radical (unpaired) electrons. The number of carbonyl (C=O) groups excluding carboxylic acids is 1. The number of fused-ring (bicyclic) bond motifs is 1. The number of rotatable bonds is 3. The number of amides is 1. The molecule has 2 aliphatic rings. The van der Waals surface area contributed by atoms with Crippen molar-refractivity contribution in [1.82, 2.24) is 10.2 Å². The monoisotopic (exact) mass is 334 g/mol. The van der Waals surface area contributed by atoms with Crippen LogP contribution in [0, 0.1) is 0 Å². The van der Waals surface area contributed by atoms with Crippen molar-refractivity contribution >= 4 is 5.91 Å². The molecule has 24 heavy (non-hydrogen) atoms. The molecule has 1 atom stereocenters. The van der Waals surface area contributed by atoms with Crippen molar-refractivity contribution in [3.8, 4) is 11.5 Å². The smallest absolute Gasteiger partial charge is 0.217 e. The van der Waals surface area contributed by atoms with Gasteiger partial charge in [-0.05, 0) is 31.9 Å². The van der Waals surface area contributed by atoms with Gasteiger partial charge >= 0.3 is 0 Å². The molecule has 1 fully saturated rings. The topological polar surface area (TPSA) is 50.8 Å². The third-order valence-electron chi connectivity index (χ3n) is 4.47. The molecule has 5 nitrogen and oxygen atoms in total. The van der Waals surface area contributed by atoms with Crippen LogP contribution in [0.15, 0.2) is 24.3 Å². The molecule has 134 valence electrons. The fourth-order valence-electron chi connectivity index (χ4n) is 3.22. The van der Waals surface area contributed by atoms with Crippen LogP contribution < -0.4 is 14.8 Å². The summed E-state index contributed by atoms with van der Waals surface area (Å²) in [5, 5.41) is 3.07. The zero-order valence-corrected chi connectivity index (χ0v) is 15.3. The summed E-state index contributed by atoms with van der Waals surface area (Å²) in [6.07, 6.45) is 2.01. The largest absolute Gasteiger partial charge is 0.486 e. The van der Waals surface area contributed by atoms with Gasteiger partial charge in [-0.25, -0.2) is 0 Å². The van der Waals surface area contributed by atoms with Crippen LogP contribution in [0.1, 0.15) is 40.5 Å². The minimum Gasteiger partial charge on any atom is -0.486 e. The molecule has 1 amide bonds. The predicted octanol–water partition coefficient (Wildman–Crippen LogP) is 2.84. The molecule has 1 aromatic rings. The molecule has 0 spiro atoms. The first-order valence-corrected chi connectivity index (χ1v) is 8.94. The van der Waals surface area contributed by atoms with Gasteiger partial charge in [0.1, 0.15) is 12.7 Å². The van der Waals surface area contributed by atoms with Gasteiger partial charge < -0.3 is 14.8 Å². The second-order valence-corrected chi connectivity index (χ2v) is 6.54. The maximum absolute atomic E-state index is 11.3. The molecule has 0 aromatic heterocycles. The van der Waals surface area contributed by atoms with Crippen LogP contribution >= 0.6 is 0 Å². The Morgan fingerprint density at radius 1 is 1.25 bits per heavy atom. The first-order valence-electron chi connectivity index (χ1n) is 8.94. The average Bonchev–Trinajstić information content (AvgIpc) is 2.58. The fraction of sp³-hybridized carbons (Fsp3) is 0.632. The third kappa shape index (κ3) is 4.87. The van der Waals surface area contributed by atoms with Crippen LogP contribution in [-0.4, -0.2) is 48.7 Å². The van der Waals surface area contributed by atoms with Gasteiger partial charge in [0, 0.05) is 32.1 Å². The van der Waals surface area contributed by atoms with Crippen molar-refractivity contribution in [2.75, 3.05) is 26.2 Å². The van der Waals surface area contributed by atoms with E-state index >= 15 is 0 Å². The number of piperidine rings is 1. The molecule has 0 aliphatic carbocycles. The first kappa shape index (κ1) is 18.6. The molecule has 1 saturated heterocycles. The van der Waals surface area contributed by atoms with Crippen molar-refractivity contribution in [2.24, 2.45) is 0 Å². The van der Waals surface area contributed by atoms with Gasteiger partial charge in [0.05, 0.1) is 0 Å². The summed E-state index contributed by atoms with van der Waals surface area (Å²) in [5.74, 6) is 1.71. The summed E-state index contributed by atoms with van der Waals surface area (Å²) >= 11 is 0. The zero-order chi connectivity index (χ0) is 17.6.